The molecule has 2 aromatic rings. The Bertz CT molecular complexity index is 588. The average molecular weight is 240 g/mol. The zero-order chi connectivity index (χ0) is 12.8. The second-order valence-corrected chi connectivity index (χ2v) is 6.12. The maximum absolute atomic E-state index is 6.73. The van der Waals surface area contributed by atoms with Crippen molar-refractivity contribution in [2.24, 2.45) is 11.1 Å². The van der Waals surface area contributed by atoms with Crippen LogP contribution in [0.15, 0.2) is 36.5 Å². The van der Waals surface area contributed by atoms with Gasteiger partial charge in [-0.25, -0.2) is 0 Å². The summed E-state index contributed by atoms with van der Waals surface area (Å²) in [6, 6.07) is 10.6. The predicted octanol–water partition coefficient (Wildman–Crippen LogP) is 3.60. The van der Waals surface area contributed by atoms with Gasteiger partial charge >= 0.3 is 0 Å². The summed E-state index contributed by atoms with van der Waals surface area (Å²) < 4.78 is 0. The molecule has 0 aliphatic heterocycles. The first-order valence-electron chi connectivity index (χ1n) is 6.67. The number of nitrogens with two attached hydrogens (primary N) is 1. The number of hydrogen-bond acceptors (Lipinski definition) is 2. The molecular weight excluding hydrogens is 220 g/mol. The Kier molecular flexibility index (Phi) is 2.46. The van der Waals surface area contributed by atoms with Crippen LogP contribution < -0.4 is 5.73 Å². The van der Waals surface area contributed by atoms with Crippen molar-refractivity contribution in [1.82, 2.24) is 4.98 Å². The molecule has 2 nitrogen and oxygen atoms in total. The van der Waals surface area contributed by atoms with Gasteiger partial charge in [-0.2, -0.15) is 0 Å². The minimum absolute atomic E-state index is 0.170. The molecule has 2 N–H and O–H groups in total. The van der Waals surface area contributed by atoms with Crippen LogP contribution in [0.25, 0.3) is 10.9 Å². The molecule has 1 fully saturated rings. The molecule has 0 bridgehead atoms. The van der Waals surface area contributed by atoms with E-state index in [1.54, 1.807) is 0 Å². The van der Waals surface area contributed by atoms with Crippen LogP contribution in [-0.4, -0.2) is 4.98 Å². The summed E-state index contributed by atoms with van der Waals surface area (Å²) in [5.74, 6) is 0. The Balaban J connectivity index is 2.14. The Labute approximate surface area is 108 Å². The highest BCUT2D eigenvalue weighted by molar-refractivity contribution is 5.79. The van der Waals surface area contributed by atoms with Crippen molar-refractivity contribution in [2.75, 3.05) is 0 Å². The molecule has 0 spiro atoms. The fourth-order valence-corrected chi connectivity index (χ4v) is 3.26. The second-order valence-electron chi connectivity index (χ2n) is 6.12. The van der Waals surface area contributed by atoms with Crippen LogP contribution in [0, 0.1) is 5.41 Å². The van der Waals surface area contributed by atoms with Gasteiger partial charge in [0.2, 0.25) is 0 Å². The SMILES string of the molecule is CC1(C)CCCC1(N)c1ccc2ncccc2c1. The molecule has 1 aromatic heterocycles. The second kappa shape index (κ2) is 3.79. The molecule has 0 amide bonds. The van der Waals surface area contributed by atoms with Crippen molar-refractivity contribution in [1.29, 1.82) is 0 Å². The molecule has 0 radical (unpaired) electrons. The van der Waals surface area contributed by atoms with E-state index in [0.717, 1.165) is 11.9 Å². The molecule has 1 heterocycles. The number of fused-ring (bicyclic) bond motifs is 1. The fraction of sp³-hybridized carbons (Fsp3) is 0.438. The minimum Gasteiger partial charge on any atom is -0.321 e. The van der Waals surface area contributed by atoms with Crippen molar-refractivity contribution in [3.8, 4) is 0 Å². The summed E-state index contributed by atoms with van der Waals surface area (Å²) in [5.41, 5.74) is 9.00. The van der Waals surface area contributed by atoms with Crippen molar-refractivity contribution in [3.05, 3.63) is 42.1 Å². The van der Waals surface area contributed by atoms with Crippen LogP contribution in [0.3, 0.4) is 0 Å². The normalized spacial score (nSPS) is 26.6. The van der Waals surface area contributed by atoms with E-state index in [1.807, 2.05) is 12.3 Å². The number of benzene rings is 1. The third-order valence-corrected chi connectivity index (χ3v) is 4.70. The zero-order valence-electron chi connectivity index (χ0n) is 11.1. The van der Waals surface area contributed by atoms with E-state index in [1.165, 1.54) is 23.8 Å². The summed E-state index contributed by atoms with van der Waals surface area (Å²) in [6.45, 7) is 4.57. The molecule has 1 aliphatic rings. The monoisotopic (exact) mass is 240 g/mol. The lowest BCUT2D eigenvalue weighted by molar-refractivity contribution is 0.210. The van der Waals surface area contributed by atoms with E-state index in [0.29, 0.717) is 0 Å². The molecule has 2 heteroatoms. The molecule has 1 atom stereocenters. The summed E-state index contributed by atoms with van der Waals surface area (Å²) in [5, 5.41) is 1.18. The summed E-state index contributed by atoms with van der Waals surface area (Å²) in [7, 11) is 0. The number of rotatable bonds is 1. The standard InChI is InChI=1S/C16H20N2/c1-15(2)8-4-9-16(15,17)13-6-7-14-12(11-13)5-3-10-18-14/h3,5-7,10-11H,4,8-9,17H2,1-2H3. The predicted molar refractivity (Wildman–Crippen MR) is 75.2 cm³/mol. The summed E-state index contributed by atoms with van der Waals surface area (Å²) in [6.07, 6.45) is 5.33. The average Bonchev–Trinajstić information content (AvgIpc) is 2.64. The Morgan fingerprint density at radius 3 is 2.72 bits per heavy atom. The fourth-order valence-electron chi connectivity index (χ4n) is 3.26. The molecule has 94 valence electrons. The molecule has 1 unspecified atom stereocenters. The molecule has 1 saturated carbocycles. The topological polar surface area (TPSA) is 38.9 Å². The van der Waals surface area contributed by atoms with Crippen LogP contribution in [-0.2, 0) is 5.54 Å². The maximum Gasteiger partial charge on any atom is 0.0702 e. The molecular formula is C16H20N2. The first-order chi connectivity index (χ1) is 8.53. The van der Waals surface area contributed by atoms with E-state index in [4.69, 9.17) is 5.73 Å². The van der Waals surface area contributed by atoms with E-state index in [9.17, 15) is 0 Å². The highest BCUT2D eigenvalue weighted by Gasteiger charge is 2.46. The third kappa shape index (κ3) is 1.56. The van der Waals surface area contributed by atoms with Crippen LogP contribution in [0.5, 0.6) is 0 Å². The van der Waals surface area contributed by atoms with Gasteiger partial charge in [-0.05, 0) is 42.0 Å². The Hall–Kier alpha value is -1.41. The minimum atomic E-state index is -0.197. The van der Waals surface area contributed by atoms with E-state index in [2.05, 4.69) is 43.1 Å². The quantitative estimate of drug-likeness (QED) is 0.827. The molecule has 3 rings (SSSR count). The van der Waals surface area contributed by atoms with Gasteiger partial charge in [0.15, 0.2) is 0 Å². The maximum atomic E-state index is 6.73. The highest BCUT2D eigenvalue weighted by atomic mass is 14.8. The number of nitrogens with zero attached hydrogens (tertiary/aromatic N) is 1. The molecule has 1 aromatic carbocycles. The van der Waals surface area contributed by atoms with E-state index < -0.39 is 0 Å². The molecule has 0 saturated heterocycles. The summed E-state index contributed by atoms with van der Waals surface area (Å²) >= 11 is 0. The Morgan fingerprint density at radius 2 is 2.00 bits per heavy atom. The lowest BCUT2D eigenvalue weighted by atomic mass is 9.71. The lowest BCUT2D eigenvalue weighted by Gasteiger charge is -2.38. The van der Waals surface area contributed by atoms with Crippen LogP contribution in [0.4, 0.5) is 0 Å². The van der Waals surface area contributed by atoms with E-state index >= 15 is 0 Å². The largest absolute Gasteiger partial charge is 0.321 e. The van der Waals surface area contributed by atoms with Crippen molar-refractivity contribution in [3.63, 3.8) is 0 Å². The van der Waals surface area contributed by atoms with Gasteiger partial charge in [0.25, 0.3) is 0 Å². The number of pyridine rings is 1. The van der Waals surface area contributed by atoms with Crippen molar-refractivity contribution < 1.29 is 0 Å². The van der Waals surface area contributed by atoms with Gasteiger partial charge in [0, 0.05) is 17.1 Å². The van der Waals surface area contributed by atoms with Gasteiger partial charge in [-0.3, -0.25) is 4.98 Å². The van der Waals surface area contributed by atoms with Gasteiger partial charge < -0.3 is 5.73 Å². The van der Waals surface area contributed by atoms with Crippen molar-refractivity contribution >= 4 is 10.9 Å². The number of aromatic nitrogens is 1. The van der Waals surface area contributed by atoms with Gasteiger partial charge in [0.05, 0.1) is 5.52 Å². The van der Waals surface area contributed by atoms with Gasteiger partial charge in [0.1, 0.15) is 0 Å². The smallest absolute Gasteiger partial charge is 0.0702 e. The number of hydrogen-bond donors (Lipinski definition) is 1. The van der Waals surface area contributed by atoms with Crippen LogP contribution in [0.2, 0.25) is 0 Å². The summed E-state index contributed by atoms with van der Waals surface area (Å²) in [4.78, 5) is 4.37. The molecule has 1 aliphatic carbocycles. The molecule has 18 heavy (non-hydrogen) atoms. The zero-order valence-corrected chi connectivity index (χ0v) is 11.1. The van der Waals surface area contributed by atoms with Crippen molar-refractivity contribution in [2.45, 2.75) is 38.6 Å². The third-order valence-electron chi connectivity index (χ3n) is 4.70. The van der Waals surface area contributed by atoms with Gasteiger partial charge in [-0.1, -0.05) is 32.4 Å². The van der Waals surface area contributed by atoms with Gasteiger partial charge in [-0.15, -0.1) is 0 Å². The lowest BCUT2D eigenvalue weighted by Crippen LogP contribution is -2.45. The van der Waals surface area contributed by atoms with E-state index in [-0.39, 0.29) is 11.0 Å². The van der Waals surface area contributed by atoms with Crippen LogP contribution in [0.1, 0.15) is 38.7 Å². The highest BCUT2D eigenvalue weighted by Crippen LogP contribution is 2.50. The first-order valence-corrected chi connectivity index (χ1v) is 6.67. The Morgan fingerprint density at radius 1 is 1.17 bits per heavy atom. The first kappa shape index (κ1) is 11.7. The van der Waals surface area contributed by atoms with Crippen LogP contribution >= 0.6 is 0 Å².